The van der Waals surface area contributed by atoms with Crippen LogP contribution in [0.1, 0.15) is 37.3 Å². The van der Waals surface area contributed by atoms with Crippen molar-refractivity contribution in [3.8, 4) is 0 Å². The Morgan fingerprint density at radius 1 is 1.37 bits per heavy atom. The van der Waals surface area contributed by atoms with E-state index in [1.807, 2.05) is 6.92 Å². The van der Waals surface area contributed by atoms with Crippen LogP contribution in [0.15, 0.2) is 5.51 Å². The lowest BCUT2D eigenvalue weighted by atomic mass is 10.3. The molecule has 0 aliphatic heterocycles. The molecule has 0 fully saturated rings. The van der Waals surface area contributed by atoms with E-state index in [4.69, 9.17) is 0 Å². The van der Waals surface area contributed by atoms with Gasteiger partial charge in [-0.15, -0.1) is 11.3 Å². The predicted molar refractivity (Wildman–Crippen MR) is 79.9 cm³/mol. The maximum Gasteiger partial charge on any atom is 0.211 e. The van der Waals surface area contributed by atoms with Crippen molar-refractivity contribution in [1.82, 2.24) is 15.0 Å². The smallest absolute Gasteiger partial charge is 0.211 e. The summed E-state index contributed by atoms with van der Waals surface area (Å²) in [6.45, 7) is 7.26. The number of sulfonamides is 1. The van der Waals surface area contributed by atoms with Gasteiger partial charge in [-0.1, -0.05) is 13.8 Å². The summed E-state index contributed by atoms with van der Waals surface area (Å²) < 4.78 is 26.2. The molecule has 0 saturated heterocycles. The Bertz CT molecular complexity index is 469. The van der Waals surface area contributed by atoms with Crippen molar-refractivity contribution in [2.24, 2.45) is 0 Å². The van der Waals surface area contributed by atoms with Crippen molar-refractivity contribution in [2.75, 3.05) is 12.3 Å². The van der Waals surface area contributed by atoms with Crippen LogP contribution in [-0.2, 0) is 16.6 Å². The summed E-state index contributed by atoms with van der Waals surface area (Å²) in [4.78, 5) is 5.07. The van der Waals surface area contributed by atoms with Gasteiger partial charge in [0.25, 0.3) is 0 Å². The van der Waals surface area contributed by atoms with Crippen molar-refractivity contribution in [2.45, 2.75) is 46.2 Å². The molecule has 110 valence electrons. The van der Waals surface area contributed by atoms with Crippen molar-refractivity contribution >= 4 is 21.4 Å². The predicted octanol–water partition coefficient (Wildman–Crippen LogP) is 1.65. The fourth-order valence-corrected chi connectivity index (χ4v) is 3.45. The van der Waals surface area contributed by atoms with Gasteiger partial charge in [0.1, 0.15) is 0 Å². The molecule has 0 amide bonds. The minimum Gasteiger partial charge on any atom is -0.315 e. The van der Waals surface area contributed by atoms with Gasteiger partial charge in [-0.25, -0.2) is 18.1 Å². The first kappa shape index (κ1) is 16.6. The van der Waals surface area contributed by atoms with Gasteiger partial charge >= 0.3 is 0 Å². The zero-order valence-electron chi connectivity index (χ0n) is 11.8. The summed E-state index contributed by atoms with van der Waals surface area (Å²) in [6, 6.07) is 0.448. The van der Waals surface area contributed by atoms with Crippen LogP contribution in [0.25, 0.3) is 0 Å². The monoisotopic (exact) mass is 305 g/mol. The average molecular weight is 305 g/mol. The molecule has 1 aromatic rings. The molecule has 1 rings (SSSR count). The van der Waals surface area contributed by atoms with Gasteiger partial charge in [0.05, 0.1) is 17.0 Å². The molecule has 7 heteroatoms. The first-order valence-electron chi connectivity index (χ1n) is 6.50. The normalized spacial score (nSPS) is 12.2. The molecule has 19 heavy (non-hydrogen) atoms. The fraction of sp³-hybridized carbons (Fsp3) is 0.750. The SMILES string of the molecule is Cc1ncsc1CNS(=O)(=O)CCCCNC(C)C. The second kappa shape index (κ2) is 7.94. The van der Waals surface area contributed by atoms with Crippen LogP contribution in [0, 0.1) is 6.92 Å². The lowest BCUT2D eigenvalue weighted by molar-refractivity contribution is 0.555. The van der Waals surface area contributed by atoms with Crippen LogP contribution in [0.4, 0.5) is 0 Å². The van der Waals surface area contributed by atoms with Crippen molar-refractivity contribution in [3.05, 3.63) is 16.1 Å². The Balaban J connectivity index is 2.23. The molecular weight excluding hydrogens is 282 g/mol. The van der Waals surface area contributed by atoms with Crippen LogP contribution < -0.4 is 10.0 Å². The Hall–Kier alpha value is -0.500. The number of nitrogens with zero attached hydrogens (tertiary/aromatic N) is 1. The third kappa shape index (κ3) is 7.00. The van der Waals surface area contributed by atoms with E-state index in [0.717, 1.165) is 23.5 Å². The van der Waals surface area contributed by atoms with E-state index < -0.39 is 10.0 Å². The van der Waals surface area contributed by atoms with E-state index in [2.05, 4.69) is 28.9 Å². The quantitative estimate of drug-likeness (QED) is 0.681. The molecule has 0 unspecified atom stereocenters. The minimum absolute atomic E-state index is 0.185. The van der Waals surface area contributed by atoms with Crippen LogP contribution in [0.3, 0.4) is 0 Å². The first-order chi connectivity index (χ1) is 8.91. The fourth-order valence-electron chi connectivity index (χ4n) is 1.55. The van der Waals surface area contributed by atoms with Crippen LogP contribution in [0.2, 0.25) is 0 Å². The van der Waals surface area contributed by atoms with E-state index in [-0.39, 0.29) is 5.75 Å². The molecule has 0 aromatic carbocycles. The van der Waals surface area contributed by atoms with Crippen molar-refractivity contribution < 1.29 is 8.42 Å². The lowest BCUT2D eigenvalue weighted by Crippen LogP contribution is -2.27. The minimum atomic E-state index is -3.17. The number of thiazole rings is 1. The summed E-state index contributed by atoms with van der Waals surface area (Å²) in [5.41, 5.74) is 2.63. The largest absolute Gasteiger partial charge is 0.315 e. The van der Waals surface area contributed by atoms with Crippen LogP contribution >= 0.6 is 11.3 Å². The zero-order valence-corrected chi connectivity index (χ0v) is 13.4. The van der Waals surface area contributed by atoms with E-state index in [1.165, 1.54) is 11.3 Å². The average Bonchev–Trinajstić information content (AvgIpc) is 2.71. The van der Waals surface area contributed by atoms with Gasteiger partial charge in [0.15, 0.2) is 0 Å². The van der Waals surface area contributed by atoms with E-state index in [0.29, 0.717) is 19.0 Å². The number of unbranched alkanes of at least 4 members (excludes halogenated alkanes) is 1. The summed E-state index contributed by atoms with van der Waals surface area (Å²) >= 11 is 1.48. The van der Waals surface area contributed by atoms with Gasteiger partial charge < -0.3 is 5.32 Å². The molecule has 2 N–H and O–H groups in total. The maximum absolute atomic E-state index is 11.8. The number of hydrogen-bond acceptors (Lipinski definition) is 5. The molecular formula is C12H23N3O2S2. The topological polar surface area (TPSA) is 71.1 Å². The molecule has 1 aromatic heterocycles. The second-order valence-corrected chi connectivity index (χ2v) is 7.68. The first-order valence-corrected chi connectivity index (χ1v) is 9.03. The molecule has 0 bridgehead atoms. The third-order valence-electron chi connectivity index (χ3n) is 2.69. The maximum atomic E-state index is 11.8. The highest BCUT2D eigenvalue weighted by atomic mass is 32.2. The van der Waals surface area contributed by atoms with Crippen LogP contribution in [-0.4, -0.2) is 31.7 Å². The molecule has 5 nitrogen and oxygen atoms in total. The zero-order chi connectivity index (χ0) is 14.3. The highest BCUT2D eigenvalue weighted by molar-refractivity contribution is 7.89. The Kier molecular flexibility index (Phi) is 6.92. The van der Waals surface area contributed by atoms with Gasteiger partial charge in [-0.2, -0.15) is 0 Å². The molecule has 0 radical (unpaired) electrons. The number of nitrogens with one attached hydrogen (secondary N) is 2. The number of rotatable bonds is 9. The summed E-state index contributed by atoms with van der Waals surface area (Å²) in [7, 11) is -3.17. The van der Waals surface area contributed by atoms with Gasteiger partial charge in [-0.3, -0.25) is 0 Å². The van der Waals surface area contributed by atoms with Crippen molar-refractivity contribution in [3.63, 3.8) is 0 Å². The molecule has 0 saturated carbocycles. The molecule has 0 atom stereocenters. The molecule has 0 aliphatic carbocycles. The number of aromatic nitrogens is 1. The Labute approximate surface area is 119 Å². The summed E-state index contributed by atoms with van der Waals surface area (Å²) in [5.74, 6) is 0.185. The van der Waals surface area contributed by atoms with Crippen molar-refractivity contribution in [1.29, 1.82) is 0 Å². The standard InChI is InChI=1S/C12H23N3O2S2/c1-10(2)13-6-4-5-7-19(16,17)15-8-12-11(3)14-9-18-12/h9-10,13,15H,4-8H2,1-3H3. The lowest BCUT2D eigenvalue weighted by Gasteiger charge is -2.08. The molecule has 1 heterocycles. The van der Waals surface area contributed by atoms with E-state index >= 15 is 0 Å². The molecule has 0 spiro atoms. The van der Waals surface area contributed by atoms with Gasteiger partial charge in [-0.05, 0) is 26.3 Å². The number of aryl methyl sites for hydroxylation is 1. The Morgan fingerprint density at radius 3 is 2.68 bits per heavy atom. The second-order valence-electron chi connectivity index (χ2n) is 4.82. The Morgan fingerprint density at radius 2 is 2.11 bits per heavy atom. The third-order valence-corrected chi connectivity index (χ3v) is 5.04. The highest BCUT2D eigenvalue weighted by Crippen LogP contribution is 2.11. The summed E-state index contributed by atoms with van der Waals surface area (Å²) in [5, 5.41) is 3.27. The van der Waals surface area contributed by atoms with E-state index in [1.54, 1.807) is 5.51 Å². The van der Waals surface area contributed by atoms with Crippen LogP contribution in [0.5, 0.6) is 0 Å². The van der Waals surface area contributed by atoms with Gasteiger partial charge in [0.2, 0.25) is 10.0 Å². The van der Waals surface area contributed by atoms with E-state index in [9.17, 15) is 8.42 Å². The highest BCUT2D eigenvalue weighted by Gasteiger charge is 2.11. The summed E-state index contributed by atoms with van der Waals surface area (Å²) in [6.07, 6.45) is 1.55. The number of hydrogen-bond donors (Lipinski definition) is 2. The molecule has 0 aliphatic rings. The van der Waals surface area contributed by atoms with Gasteiger partial charge in [0, 0.05) is 17.5 Å².